The fraction of sp³-hybridized carbons (Fsp3) is 0.929. The molecule has 0 unspecified atom stereocenters. The van der Waals surface area contributed by atoms with E-state index in [0.29, 0.717) is 12.5 Å². The van der Waals surface area contributed by atoms with E-state index in [9.17, 15) is 9.69 Å². The standard InChI is InChI=1S/C14H29O3P/c1-7-8-9-17-12(15)10-18(16)13(3,4)11(2)14(18,5)6/h11,16,18H,7-10H2,1-6H3. The van der Waals surface area contributed by atoms with Crippen LogP contribution in [0.1, 0.15) is 54.4 Å². The molecule has 1 saturated heterocycles. The topological polar surface area (TPSA) is 46.5 Å². The van der Waals surface area contributed by atoms with Crippen LogP contribution in [-0.2, 0) is 9.53 Å². The maximum atomic E-state index is 11.9. The van der Waals surface area contributed by atoms with Crippen LogP contribution >= 0.6 is 7.49 Å². The van der Waals surface area contributed by atoms with E-state index >= 15 is 0 Å². The molecule has 0 amide bonds. The van der Waals surface area contributed by atoms with E-state index in [1.165, 1.54) is 0 Å². The molecule has 3 nitrogen and oxygen atoms in total. The van der Waals surface area contributed by atoms with Crippen LogP contribution in [0.15, 0.2) is 0 Å². The van der Waals surface area contributed by atoms with E-state index in [0.717, 1.165) is 12.8 Å². The summed E-state index contributed by atoms with van der Waals surface area (Å²) < 4.78 is 5.21. The molecule has 1 heterocycles. The van der Waals surface area contributed by atoms with E-state index in [1.807, 2.05) is 0 Å². The summed E-state index contributed by atoms with van der Waals surface area (Å²) in [5, 5.41) is -0.222. The summed E-state index contributed by atoms with van der Waals surface area (Å²) in [6.07, 6.45) is 2.15. The van der Waals surface area contributed by atoms with Crippen molar-refractivity contribution in [3.63, 3.8) is 0 Å². The molecule has 0 atom stereocenters. The van der Waals surface area contributed by atoms with Crippen molar-refractivity contribution in [2.45, 2.75) is 64.7 Å². The molecule has 0 spiro atoms. The number of carbonyl (C=O) groups excluding carboxylic acids is 1. The minimum absolute atomic E-state index is 0.111. The van der Waals surface area contributed by atoms with E-state index in [2.05, 4.69) is 41.5 Å². The molecule has 1 N–H and O–H groups in total. The first-order chi connectivity index (χ1) is 8.11. The molecule has 0 aromatic heterocycles. The number of carbonyl (C=O) groups is 1. The van der Waals surface area contributed by atoms with Crippen molar-refractivity contribution in [2.75, 3.05) is 12.8 Å². The van der Waals surface area contributed by atoms with E-state index in [4.69, 9.17) is 4.74 Å². The number of hydrogen-bond acceptors (Lipinski definition) is 3. The van der Waals surface area contributed by atoms with Gasteiger partial charge in [0.2, 0.25) is 0 Å². The molecule has 0 radical (unpaired) electrons. The quantitative estimate of drug-likeness (QED) is 0.476. The van der Waals surface area contributed by atoms with Gasteiger partial charge in [0.1, 0.15) is 0 Å². The molecule has 0 aliphatic carbocycles. The van der Waals surface area contributed by atoms with Gasteiger partial charge in [0.15, 0.2) is 0 Å². The van der Waals surface area contributed by atoms with Gasteiger partial charge in [-0.15, -0.1) is 0 Å². The van der Waals surface area contributed by atoms with Crippen molar-refractivity contribution >= 4 is 13.5 Å². The number of unbranched alkanes of at least 4 members (excludes halogenated alkanes) is 1. The molecule has 0 saturated carbocycles. The molecule has 0 bridgehead atoms. The summed E-state index contributed by atoms with van der Waals surface area (Å²) in [4.78, 5) is 22.9. The third-order valence-corrected chi connectivity index (χ3v) is 11.4. The van der Waals surface area contributed by atoms with Crippen LogP contribution in [0.5, 0.6) is 0 Å². The van der Waals surface area contributed by atoms with Gasteiger partial charge in [-0.1, -0.05) is 0 Å². The Kier molecular flexibility index (Phi) is 4.50. The van der Waals surface area contributed by atoms with E-state index in [1.54, 1.807) is 0 Å². The Bertz CT molecular complexity index is 307. The van der Waals surface area contributed by atoms with Gasteiger partial charge in [0.25, 0.3) is 0 Å². The van der Waals surface area contributed by atoms with Gasteiger partial charge in [0.05, 0.1) is 0 Å². The van der Waals surface area contributed by atoms with Gasteiger partial charge in [-0.2, -0.15) is 0 Å². The van der Waals surface area contributed by atoms with Gasteiger partial charge < -0.3 is 0 Å². The molecule has 1 fully saturated rings. The monoisotopic (exact) mass is 276 g/mol. The first-order valence-corrected chi connectivity index (χ1v) is 9.14. The summed E-state index contributed by atoms with van der Waals surface area (Å²) in [6, 6.07) is 0. The van der Waals surface area contributed by atoms with E-state index in [-0.39, 0.29) is 22.4 Å². The van der Waals surface area contributed by atoms with Crippen molar-refractivity contribution in [1.82, 2.24) is 0 Å². The average Bonchev–Trinajstić information content (AvgIpc) is 2.27. The fourth-order valence-corrected chi connectivity index (χ4v) is 8.44. The van der Waals surface area contributed by atoms with Crippen LogP contribution < -0.4 is 0 Å². The normalized spacial score (nSPS) is 29.2. The number of ether oxygens (including phenoxy) is 1. The predicted octanol–water partition coefficient (Wildman–Crippen LogP) is 3.19. The Balaban J connectivity index is 2.67. The zero-order chi connectivity index (χ0) is 14.2. The molecule has 4 heteroatoms. The molecule has 1 rings (SSSR count). The molecular formula is C14H29O3P. The minimum atomic E-state index is -2.61. The second kappa shape index (κ2) is 5.09. The van der Waals surface area contributed by atoms with Gasteiger partial charge in [0, 0.05) is 0 Å². The van der Waals surface area contributed by atoms with Crippen LogP contribution in [0.25, 0.3) is 0 Å². The van der Waals surface area contributed by atoms with Crippen molar-refractivity contribution in [3.05, 3.63) is 0 Å². The zero-order valence-corrected chi connectivity index (χ0v) is 13.7. The van der Waals surface area contributed by atoms with Gasteiger partial charge in [-0.25, -0.2) is 0 Å². The number of rotatable bonds is 5. The van der Waals surface area contributed by atoms with Crippen molar-refractivity contribution in [1.29, 1.82) is 0 Å². The van der Waals surface area contributed by atoms with Crippen LogP contribution in [0, 0.1) is 5.92 Å². The summed E-state index contributed by atoms with van der Waals surface area (Å²) >= 11 is 0. The van der Waals surface area contributed by atoms with Crippen LogP contribution in [0.4, 0.5) is 0 Å². The summed E-state index contributed by atoms with van der Waals surface area (Å²) in [6.45, 7) is 13.1. The second-order valence-corrected chi connectivity index (χ2v) is 11.4. The third kappa shape index (κ3) is 2.20. The van der Waals surface area contributed by atoms with Crippen LogP contribution in [0.3, 0.4) is 0 Å². The fourth-order valence-electron chi connectivity index (χ4n) is 3.42. The van der Waals surface area contributed by atoms with Gasteiger partial charge >= 0.3 is 111 Å². The third-order valence-electron chi connectivity index (χ3n) is 5.46. The van der Waals surface area contributed by atoms with Gasteiger partial charge in [-0.3, -0.25) is 0 Å². The molecule has 0 aromatic rings. The van der Waals surface area contributed by atoms with Crippen molar-refractivity contribution in [3.8, 4) is 0 Å². The van der Waals surface area contributed by atoms with Crippen LogP contribution in [-0.4, -0.2) is 33.9 Å². The van der Waals surface area contributed by atoms with Crippen LogP contribution in [0.2, 0.25) is 0 Å². The number of hydrogen-bond donors (Lipinski definition) is 1. The number of esters is 1. The summed E-state index contributed by atoms with van der Waals surface area (Å²) in [5.41, 5.74) is 0. The predicted molar refractivity (Wildman–Crippen MR) is 78.6 cm³/mol. The Morgan fingerprint density at radius 3 is 2.22 bits per heavy atom. The zero-order valence-electron chi connectivity index (χ0n) is 12.7. The average molecular weight is 276 g/mol. The summed E-state index contributed by atoms with van der Waals surface area (Å²) in [5.74, 6) is 0.218. The van der Waals surface area contributed by atoms with Crippen molar-refractivity contribution in [2.24, 2.45) is 5.92 Å². The van der Waals surface area contributed by atoms with Crippen molar-refractivity contribution < 1.29 is 14.4 Å². The first-order valence-electron chi connectivity index (χ1n) is 6.99. The molecule has 108 valence electrons. The second-order valence-electron chi connectivity index (χ2n) is 6.78. The molecule has 18 heavy (non-hydrogen) atoms. The summed E-state index contributed by atoms with van der Waals surface area (Å²) in [7, 11) is -2.61. The molecule has 1 aliphatic heterocycles. The SMILES string of the molecule is CCCCOC(=O)C[PH]1(O)C(C)(C)C(C)C1(C)C. The molecule has 0 aromatic carbocycles. The maximum absolute atomic E-state index is 11.9. The first kappa shape index (κ1) is 15.9. The van der Waals surface area contributed by atoms with Gasteiger partial charge in [-0.05, 0) is 0 Å². The Morgan fingerprint density at radius 1 is 1.28 bits per heavy atom. The molecular weight excluding hydrogens is 247 g/mol. The molecule has 1 aliphatic rings. The Hall–Kier alpha value is -0.140. The van der Waals surface area contributed by atoms with E-state index < -0.39 is 7.49 Å². The Labute approximate surface area is 112 Å². The Morgan fingerprint density at radius 2 is 1.78 bits per heavy atom.